The number of amides is 2. The van der Waals surface area contributed by atoms with Crippen molar-refractivity contribution >= 4 is 35.1 Å². The molecule has 0 aliphatic carbocycles. The quantitative estimate of drug-likeness (QED) is 0.429. The maximum absolute atomic E-state index is 12.4. The van der Waals surface area contributed by atoms with E-state index in [1.807, 2.05) is 44.2 Å². The molecule has 1 aliphatic rings. The van der Waals surface area contributed by atoms with Gasteiger partial charge in [-0.15, -0.1) is 0 Å². The summed E-state index contributed by atoms with van der Waals surface area (Å²) < 4.78 is 5.48. The SMILES string of the molecule is CCOc1ccccc1NC(=O)C[C@@H]1N=C(N=C(N)Nc2ccc(C)cc2)NC1=O. The van der Waals surface area contributed by atoms with Crippen molar-refractivity contribution in [2.75, 3.05) is 17.2 Å². The third-order valence-electron chi connectivity index (χ3n) is 4.21. The van der Waals surface area contributed by atoms with E-state index in [4.69, 9.17) is 10.5 Å². The van der Waals surface area contributed by atoms with Crippen LogP contribution in [-0.4, -0.2) is 36.4 Å². The number of guanidine groups is 2. The predicted octanol–water partition coefficient (Wildman–Crippen LogP) is 2.00. The summed E-state index contributed by atoms with van der Waals surface area (Å²) in [4.78, 5) is 32.8. The van der Waals surface area contributed by atoms with Gasteiger partial charge in [-0.1, -0.05) is 29.8 Å². The number of nitrogens with two attached hydrogens (primary N) is 1. The lowest BCUT2D eigenvalue weighted by molar-refractivity contribution is -0.123. The summed E-state index contributed by atoms with van der Waals surface area (Å²) in [5, 5.41) is 8.20. The summed E-state index contributed by atoms with van der Waals surface area (Å²) >= 11 is 0. The molecular formula is C21H24N6O3. The fourth-order valence-corrected chi connectivity index (χ4v) is 2.78. The number of hydrogen-bond donors (Lipinski definition) is 4. The number of aryl methyl sites for hydroxylation is 1. The van der Waals surface area contributed by atoms with E-state index in [-0.39, 0.29) is 24.2 Å². The van der Waals surface area contributed by atoms with Crippen molar-refractivity contribution < 1.29 is 14.3 Å². The lowest BCUT2D eigenvalue weighted by Gasteiger charge is -2.11. The summed E-state index contributed by atoms with van der Waals surface area (Å²) in [5.41, 5.74) is 8.29. The van der Waals surface area contributed by atoms with Crippen LogP contribution in [0.4, 0.5) is 11.4 Å². The number of anilines is 2. The third kappa shape index (κ3) is 5.57. The molecule has 0 saturated carbocycles. The first-order chi connectivity index (χ1) is 14.4. The second kappa shape index (κ2) is 9.55. The molecule has 156 valence electrons. The van der Waals surface area contributed by atoms with Crippen LogP contribution in [-0.2, 0) is 9.59 Å². The zero-order valence-corrected chi connectivity index (χ0v) is 16.8. The van der Waals surface area contributed by atoms with Gasteiger partial charge in [0.1, 0.15) is 11.8 Å². The minimum absolute atomic E-state index is 0.0598. The molecule has 0 aromatic heterocycles. The Labute approximate surface area is 174 Å². The van der Waals surface area contributed by atoms with Gasteiger partial charge in [-0.2, -0.15) is 4.99 Å². The lowest BCUT2D eigenvalue weighted by atomic mass is 10.2. The van der Waals surface area contributed by atoms with Gasteiger partial charge in [-0.25, -0.2) is 4.99 Å². The fourth-order valence-electron chi connectivity index (χ4n) is 2.78. The predicted molar refractivity (Wildman–Crippen MR) is 117 cm³/mol. The van der Waals surface area contributed by atoms with E-state index >= 15 is 0 Å². The van der Waals surface area contributed by atoms with E-state index < -0.39 is 11.9 Å². The highest BCUT2D eigenvalue weighted by molar-refractivity contribution is 6.11. The van der Waals surface area contributed by atoms with E-state index in [1.165, 1.54) is 0 Å². The molecule has 1 atom stereocenters. The molecule has 0 bridgehead atoms. The first kappa shape index (κ1) is 20.8. The highest BCUT2D eigenvalue weighted by Gasteiger charge is 2.29. The topological polar surface area (TPSA) is 130 Å². The number of rotatable bonds is 6. The number of carbonyl (C=O) groups is 2. The normalized spacial score (nSPS) is 15.9. The molecule has 2 aromatic rings. The Kier molecular flexibility index (Phi) is 6.63. The van der Waals surface area contributed by atoms with Crippen LogP contribution in [0.5, 0.6) is 5.75 Å². The molecule has 0 saturated heterocycles. The molecule has 2 aromatic carbocycles. The van der Waals surface area contributed by atoms with Gasteiger partial charge < -0.3 is 21.1 Å². The number of benzene rings is 2. The van der Waals surface area contributed by atoms with Crippen LogP contribution < -0.4 is 26.4 Å². The third-order valence-corrected chi connectivity index (χ3v) is 4.21. The molecule has 9 heteroatoms. The maximum Gasteiger partial charge on any atom is 0.252 e. The molecule has 0 radical (unpaired) electrons. The smallest absolute Gasteiger partial charge is 0.252 e. The second-order valence-electron chi connectivity index (χ2n) is 6.63. The van der Waals surface area contributed by atoms with Gasteiger partial charge in [0.25, 0.3) is 5.91 Å². The Morgan fingerprint density at radius 1 is 1.20 bits per heavy atom. The number of carbonyl (C=O) groups excluding carboxylic acids is 2. The summed E-state index contributed by atoms with van der Waals surface area (Å²) in [6, 6.07) is 13.8. The molecule has 0 spiro atoms. The van der Waals surface area contributed by atoms with Crippen LogP contribution in [0.2, 0.25) is 0 Å². The van der Waals surface area contributed by atoms with Crippen LogP contribution >= 0.6 is 0 Å². The van der Waals surface area contributed by atoms with Gasteiger partial charge in [-0.05, 0) is 38.1 Å². The zero-order valence-electron chi connectivity index (χ0n) is 16.8. The molecule has 0 fully saturated rings. The molecule has 1 aliphatic heterocycles. The zero-order chi connectivity index (χ0) is 21.5. The van der Waals surface area contributed by atoms with Crippen molar-refractivity contribution in [1.29, 1.82) is 0 Å². The van der Waals surface area contributed by atoms with Crippen molar-refractivity contribution in [3.05, 3.63) is 54.1 Å². The number of nitrogens with one attached hydrogen (secondary N) is 3. The Hall–Kier alpha value is -3.88. The van der Waals surface area contributed by atoms with Crippen LogP contribution in [0.15, 0.2) is 58.5 Å². The highest BCUT2D eigenvalue weighted by atomic mass is 16.5. The number of ether oxygens (including phenoxy) is 1. The highest BCUT2D eigenvalue weighted by Crippen LogP contribution is 2.24. The van der Waals surface area contributed by atoms with Crippen LogP contribution in [0.1, 0.15) is 18.9 Å². The summed E-state index contributed by atoms with van der Waals surface area (Å²) in [6.07, 6.45) is -0.128. The van der Waals surface area contributed by atoms with Crippen molar-refractivity contribution in [2.45, 2.75) is 26.3 Å². The van der Waals surface area contributed by atoms with Gasteiger partial charge in [0.15, 0.2) is 0 Å². The van der Waals surface area contributed by atoms with Crippen molar-refractivity contribution in [1.82, 2.24) is 5.32 Å². The van der Waals surface area contributed by atoms with Crippen molar-refractivity contribution in [2.24, 2.45) is 15.7 Å². The summed E-state index contributed by atoms with van der Waals surface area (Å²) in [7, 11) is 0. The molecule has 3 rings (SSSR count). The number of hydrogen-bond acceptors (Lipinski definition) is 5. The van der Waals surface area contributed by atoms with Crippen molar-refractivity contribution in [3.8, 4) is 5.75 Å². The first-order valence-corrected chi connectivity index (χ1v) is 9.53. The number of aliphatic imine (C=N–C) groups is 2. The van der Waals surface area contributed by atoms with Gasteiger partial charge >= 0.3 is 0 Å². The molecule has 30 heavy (non-hydrogen) atoms. The molecule has 9 nitrogen and oxygen atoms in total. The van der Waals surface area contributed by atoms with E-state index in [0.717, 1.165) is 11.3 Å². The van der Waals surface area contributed by atoms with E-state index in [1.54, 1.807) is 18.2 Å². The summed E-state index contributed by atoms with van der Waals surface area (Å²) in [6.45, 7) is 4.31. The Bertz CT molecular complexity index is 984. The number of para-hydroxylation sites is 2. The van der Waals surface area contributed by atoms with E-state index in [0.29, 0.717) is 18.0 Å². The lowest BCUT2D eigenvalue weighted by Crippen LogP contribution is -2.32. The minimum Gasteiger partial charge on any atom is -0.492 e. The largest absolute Gasteiger partial charge is 0.492 e. The van der Waals surface area contributed by atoms with E-state index in [9.17, 15) is 9.59 Å². The number of nitrogens with zero attached hydrogens (tertiary/aromatic N) is 2. The van der Waals surface area contributed by atoms with Crippen LogP contribution in [0.25, 0.3) is 0 Å². The maximum atomic E-state index is 12.4. The molecule has 1 heterocycles. The minimum atomic E-state index is -0.879. The molecular weight excluding hydrogens is 384 g/mol. The van der Waals surface area contributed by atoms with Gasteiger partial charge in [0.2, 0.25) is 17.8 Å². The first-order valence-electron chi connectivity index (χ1n) is 9.53. The van der Waals surface area contributed by atoms with Crippen molar-refractivity contribution in [3.63, 3.8) is 0 Å². The monoisotopic (exact) mass is 408 g/mol. The Morgan fingerprint density at radius 3 is 2.67 bits per heavy atom. The van der Waals surface area contributed by atoms with Gasteiger partial charge in [-0.3, -0.25) is 14.9 Å². The fraction of sp³-hybridized carbons (Fsp3) is 0.238. The molecule has 2 amide bonds. The van der Waals surface area contributed by atoms with Crippen LogP contribution in [0, 0.1) is 6.92 Å². The van der Waals surface area contributed by atoms with E-state index in [2.05, 4.69) is 25.9 Å². The Balaban J connectivity index is 1.61. The van der Waals surface area contributed by atoms with Gasteiger partial charge in [0.05, 0.1) is 18.7 Å². The molecule has 5 N–H and O–H groups in total. The Morgan fingerprint density at radius 2 is 1.93 bits per heavy atom. The van der Waals surface area contributed by atoms with Gasteiger partial charge in [0, 0.05) is 5.69 Å². The van der Waals surface area contributed by atoms with Crippen LogP contribution in [0.3, 0.4) is 0 Å². The molecule has 0 unspecified atom stereocenters. The second-order valence-corrected chi connectivity index (χ2v) is 6.63. The average molecular weight is 408 g/mol. The summed E-state index contributed by atoms with van der Waals surface area (Å²) in [5.74, 6) is -0.0709. The standard InChI is InChI=1S/C21H24N6O3/c1-3-30-17-7-5-4-6-15(17)24-18(28)12-16-19(29)26-21(25-16)27-20(22)23-14-10-8-13(2)9-11-14/h4-11,16H,3,12H2,1-2H3,(H,24,28)(H4,22,23,25,26,27,29)/t16-/m0/s1. The average Bonchev–Trinajstić information content (AvgIpc) is 3.03.